The zero-order valence-corrected chi connectivity index (χ0v) is 70.0. The van der Waals surface area contributed by atoms with E-state index in [1.807, 2.05) is 61.5 Å². The summed E-state index contributed by atoms with van der Waals surface area (Å²) < 4.78 is 16.2. The Hall–Kier alpha value is -8.45. The van der Waals surface area contributed by atoms with Crippen molar-refractivity contribution in [3.05, 3.63) is 103 Å². The predicted molar refractivity (Wildman–Crippen MR) is 467 cm³/mol. The van der Waals surface area contributed by atoms with Gasteiger partial charge in [-0.1, -0.05) is 177 Å². The number of carbonyl (C=O) groups excluding carboxylic acids is 3. The van der Waals surface area contributed by atoms with Gasteiger partial charge in [0.05, 0.1) is 50.7 Å². The van der Waals surface area contributed by atoms with Gasteiger partial charge in [-0.3, -0.25) is 30.0 Å². The minimum Gasteiger partial charge on any atom is -0.465 e. The molecule has 0 atom stereocenters. The summed E-state index contributed by atoms with van der Waals surface area (Å²) in [4.78, 5) is 73.4. The van der Waals surface area contributed by atoms with Gasteiger partial charge < -0.3 is 64.4 Å². The van der Waals surface area contributed by atoms with Crippen molar-refractivity contribution in [1.29, 1.82) is 0 Å². The number of amides is 3. The first-order valence-electron chi connectivity index (χ1n) is 44.9. The number of benzene rings is 4. The molecule has 0 bridgehead atoms. The Bertz CT molecular complexity index is 4500. The lowest BCUT2D eigenvalue weighted by molar-refractivity contribution is -0.119. The molecule has 0 unspecified atom stereocenters. The summed E-state index contributed by atoms with van der Waals surface area (Å²) in [5, 5.41) is 6.15. The first-order chi connectivity index (χ1) is 56.3. The zero-order valence-electron chi connectivity index (χ0n) is 70.0. The van der Waals surface area contributed by atoms with E-state index in [0.717, 1.165) is 153 Å². The molecule has 4 aliphatic carbocycles. The SMILES string of the molecule is CC(=O)N=c1n(CC(N)=O)c2ccccc2n1C1CCN(C2CCCCCCC2)CC1.CC(=O)Nc1nc2ccccc2n1C1CCN(C2CCCCCCC2)CC1.CCOC(N)=Nc1nc2ccccc2n1C1CCN(C2CCCCCCC2)CC1.CN=C(N)Nc1nc2ccccc2n1C1CCN(C2CCCCCCC2)CC1. The maximum Gasteiger partial charge on any atom is 0.289 e. The molecule has 16 rings (SSSR count). The number of nitrogens with zero attached hydrogens (tertiary/aromatic N) is 15. The van der Waals surface area contributed by atoms with Gasteiger partial charge in [0.2, 0.25) is 41.2 Å². The Balaban J connectivity index is 0.000000134. The van der Waals surface area contributed by atoms with Crippen LogP contribution >= 0.6 is 0 Å². The topological polar surface area (TPSA) is 276 Å². The largest absolute Gasteiger partial charge is 0.465 e. The van der Waals surface area contributed by atoms with E-state index in [4.69, 9.17) is 31.9 Å². The molecule has 4 saturated heterocycles. The van der Waals surface area contributed by atoms with Crippen molar-refractivity contribution in [2.75, 3.05) is 76.6 Å². The molecular formula is C91H136N20O4. The first kappa shape index (κ1) is 84.5. The lowest BCUT2D eigenvalue weighted by Crippen LogP contribution is -2.44. The van der Waals surface area contributed by atoms with Gasteiger partial charge in [0.1, 0.15) is 6.54 Å². The molecule has 624 valence electrons. The second kappa shape index (κ2) is 42.6. The number of nitrogens with two attached hydrogens (primary N) is 3. The summed E-state index contributed by atoms with van der Waals surface area (Å²) >= 11 is 0. The number of carbonyl (C=O) groups is 3. The fourth-order valence-corrected chi connectivity index (χ4v) is 20.5. The zero-order chi connectivity index (χ0) is 79.8. The second-order valence-corrected chi connectivity index (χ2v) is 34.1. The Morgan fingerprint density at radius 1 is 0.400 bits per heavy atom. The van der Waals surface area contributed by atoms with Crippen molar-refractivity contribution in [3.63, 3.8) is 0 Å². The highest BCUT2D eigenvalue weighted by Crippen LogP contribution is 2.39. The van der Waals surface area contributed by atoms with Gasteiger partial charge in [-0.25, -0.2) is 15.0 Å². The average Bonchev–Trinajstić information content (AvgIpc) is 1.62. The molecular weight excluding hydrogens is 1440 g/mol. The molecule has 4 saturated carbocycles. The normalized spacial score (nSPS) is 21.1. The van der Waals surface area contributed by atoms with E-state index < -0.39 is 5.91 Å². The molecule has 8 aliphatic rings. The summed E-state index contributed by atoms with van der Waals surface area (Å²) in [5.41, 5.74) is 26.3. The van der Waals surface area contributed by atoms with Gasteiger partial charge >= 0.3 is 0 Å². The van der Waals surface area contributed by atoms with E-state index >= 15 is 0 Å². The van der Waals surface area contributed by atoms with Gasteiger partial charge in [0.15, 0.2) is 5.96 Å². The number of primary amides is 1. The first-order valence-corrected chi connectivity index (χ1v) is 44.9. The summed E-state index contributed by atoms with van der Waals surface area (Å²) in [6, 6.07) is 37.6. The number of para-hydroxylation sites is 8. The van der Waals surface area contributed by atoms with Crippen molar-refractivity contribution in [2.24, 2.45) is 32.2 Å². The fraction of sp³-hybridized carbons (Fsp3) is 0.637. The van der Waals surface area contributed by atoms with E-state index in [2.05, 4.69) is 111 Å². The van der Waals surface area contributed by atoms with Crippen LogP contribution in [0.5, 0.6) is 0 Å². The van der Waals surface area contributed by atoms with Crippen LogP contribution in [0.4, 0.5) is 17.8 Å². The molecule has 115 heavy (non-hydrogen) atoms. The number of imidazole rings is 4. The summed E-state index contributed by atoms with van der Waals surface area (Å²) in [7, 11) is 1.70. The number of hydrogen-bond acceptors (Lipinski definition) is 13. The summed E-state index contributed by atoms with van der Waals surface area (Å²) in [5.74, 6) is 1.83. The van der Waals surface area contributed by atoms with Gasteiger partial charge in [-0.05, 0) is 158 Å². The van der Waals surface area contributed by atoms with E-state index in [-0.39, 0.29) is 30.4 Å². The Kier molecular flexibility index (Phi) is 31.3. The number of piperidine rings is 4. The molecule has 0 radical (unpaired) electrons. The molecule has 8 aromatic rings. The van der Waals surface area contributed by atoms with Crippen molar-refractivity contribution < 1.29 is 19.1 Å². The van der Waals surface area contributed by atoms with Crippen LogP contribution in [0, 0.1) is 0 Å². The third-order valence-electron chi connectivity index (χ3n) is 26.3. The average molecular weight is 1570 g/mol. The number of fused-ring (bicyclic) bond motifs is 4. The molecule has 24 heteroatoms. The van der Waals surface area contributed by atoms with E-state index in [0.29, 0.717) is 54.2 Å². The van der Waals surface area contributed by atoms with E-state index in [1.165, 1.54) is 205 Å². The number of amidine groups is 1. The lowest BCUT2D eigenvalue weighted by Gasteiger charge is -2.39. The lowest BCUT2D eigenvalue weighted by atomic mass is 9.93. The number of likely N-dealkylation sites (tertiary alicyclic amines) is 4. The smallest absolute Gasteiger partial charge is 0.289 e. The van der Waals surface area contributed by atoms with Crippen LogP contribution in [0.15, 0.2) is 112 Å². The summed E-state index contributed by atoms with van der Waals surface area (Å²) in [6.45, 7) is 14.6. The van der Waals surface area contributed by atoms with Crippen molar-refractivity contribution in [2.45, 2.75) is 307 Å². The molecule has 4 aromatic carbocycles. The number of aromatic nitrogens is 8. The standard InChI is InChI=1S/C24H35N5O2.C23H35N5O.C22H34N6.C22H32N4O/c1-18(30)26-24-28(17-23(25)31)21-11-7-8-12-22(21)29(24)20-13-15-27(16-14-20)19-9-5-3-2-4-6-10-19;1-2-29-22(24)26-23-25-20-12-8-9-13-21(20)28(23)19-14-16-27(17-15-19)18-10-6-4-3-5-7-11-18;1-24-21(23)26-22-25-19-11-7-8-12-20(19)28(22)18-13-15-27(16-14-18)17-9-5-3-2-4-6-10-17;1-17(27)23-22-24-20-11-7-8-12-21(20)26(22)19-13-15-25(16-14-19)18-9-5-3-2-4-6-10-18/h7-8,11-12,19-20H,2-6,9-10,13-17H2,1H3,(H2,25,31);8-9,12-13,18-19H,2-7,10-11,14-17H2,1H3,(H2,24,25,26);7-8,11-12,17-18H,2-6,9-10,13-16H2,1H3,(H3,23,24,25,26);7-8,11-12,18-19H,2-6,9-10,13-16H2,1H3,(H,23,24,27). The highest BCUT2D eigenvalue weighted by atomic mass is 16.5. The Morgan fingerprint density at radius 2 is 0.722 bits per heavy atom. The minimum absolute atomic E-state index is 0.0144. The van der Waals surface area contributed by atoms with Crippen LogP contribution in [-0.2, 0) is 25.7 Å². The highest BCUT2D eigenvalue weighted by Gasteiger charge is 2.34. The molecule has 4 aromatic heterocycles. The van der Waals surface area contributed by atoms with E-state index in [9.17, 15) is 14.4 Å². The highest BCUT2D eigenvalue weighted by molar-refractivity contribution is 5.93. The molecule has 8 N–H and O–H groups in total. The van der Waals surface area contributed by atoms with Crippen LogP contribution < -0.4 is 33.5 Å². The number of rotatable bonds is 14. The molecule has 24 nitrogen and oxygen atoms in total. The number of aliphatic imine (C=N–C) groups is 2. The van der Waals surface area contributed by atoms with Crippen molar-refractivity contribution in [1.82, 2.24) is 57.4 Å². The number of nitrogens with one attached hydrogen (secondary N) is 2. The van der Waals surface area contributed by atoms with Gasteiger partial charge in [0, 0.05) is 122 Å². The minimum atomic E-state index is -0.438. The number of hydrogen-bond donors (Lipinski definition) is 5. The molecule has 4 aliphatic heterocycles. The molecule has 8 heterocycles. The fourth-order valence-electron chi connectivity index (χ4n) is 20.5. The van der Waals surface area contributed by atoms with Crippen molar-refractivity contribution in [3.8, 4) is 0 Å². The third kappa shape index (κ3) is 22.4. The Labute approximate surface area is 682 Å². The monoisotopic (exact) mass is 1570 g/mol. The van der Waals surface area contributed by atoms with Gasteiger partial charge in [-0.2, -0.15) is 9.98 Å². The van der Waals surface area contributed by atoms with Crippen LogP contribution in [0.25, 0.3) is 44.1 Å². The van der Waals surface area contributed by atoms with Crippen LogP contribution in [0.3, 0.4) is 0 Å². The van der Waals surface area contributed by atoms with Gasteiger partial charge in [0.25, 0.3) is 6.02 Å². The Morgan fingerprint density at radius 3 is 1.08 bits per heavy atom. The van der Waals surface area contributed by atoms with Crippen LogP contribution in [-0.4, -0.2) is 177 Å². The second-order valence-electron chi connectivity index (χ2n) is 34.1. The molecule has 8 fully saturated rings. The number of ether oxygens (including phenoxy) is 1. The third-order valence-corrected chi connectivity index (χ3v) is 26.3. The summed E-state index contributed by atoms with van der Waals surface area (Å²) in [6.07, 6.45) is 47.8. The van der Waals surface area contributed by atoms with Crippen LogP contribution in [0.1, 0.15) is 276 Å². The number of anilines is 2. The predicted octanol–water partition coefficient (Wildman–Crippen LogP) is 16.8. The molecule has 3 amide bonds. The van der Waals surface area contributed by atoms with Crippen molar-refractivity contribution >= 4 is 91.7 Å². The molecule has 0 spiro atoms. The van der Waals surface area contributed by atoms with Crippen LogP contribution in [0.2, 0.25) is 0 Å². The van der Waals surface area contributed by atoms with E-state index in [1.54, 1.807) is 18.5 Å². The number of guanidine groups is 1. The van der Waals surface area contributed by atoms with Gasteiger partial charge in [-0.15, -0.1) is 0 Å². The quantitative estimate of drug-likeness (QED) is 0.0500. The maximum atomic E-state index is 12.0. The maximum absolute atomic E-state index is 12.0.